The van der Waals surface area contributed by atoms with Gasteiger partial charge in [-0.15, -0.1) is 0 Å². The van der Waals surface area contributed by atoms with E-state index in [2.05, 4.69) is 5.16 Å². The van der Waals surface area contributed by atoms with Gasteiger partial charge in [0.25, 0.3) is 11.8 Å². The summed E-state index contributed by atoms with van der Waals surface area (Å²) in [7, 11) is 0. The van der Waals surface area contributed by atoms with Crippen molar-refractivity contribution in [2.24, 2.45) is 0 Å². The topological polar surface area (TPSA) is 113 Å². The van der Waals surface area contributed by atoms with Crippen molar-refractivity contribution < 1.29 is 29.1 Å². The number of aliphatic hydroxyl groups excluding tert-OH is 1. The van der Waals surface area contributed by atoms with Crippen LogP contribution in [0.15, 0.2) is 10.6 Å². The number of likely N-dealkylation sites (tertiary alicyclic amines) is 1. The van der Waals surface area contributed by atoms with Crippen LogP contribution in [0.1, 0.15) is 12.2 Å². The maximum atomic E-state index is 11.9. The van der Waals surface area contributed by atoms with E-state index in [1.54, 1.807) is 6.92 Å². The van der Waals surface area contributed by atoms with Gasteiger partial charge in [-0.1, -0.05) is 0 Å². The molecule has 0 radical (unpaired) electrons. The van der Waals surface area contributed by atoms with Crippen molar-refractivity contribution in [3.8, 4) is 5.88 Å². The largest absolute Gasteiger partial charge is 0.480 e. The molecule has 1 aromatic rings. The van der Waals surface area contributed by atoms with Crippen LogP contribution >= 0.6 is 0 Å². The summed E-state index contributed by atoms with van der Waals surface area (Å²) in [6.07, 6.45) is -0.788. The molecule has 2 rings (SSSR count). The fourth-order valence-corrected chi connectivity index (χ4v) is 1.95. The van der Waals surface area contributed by atoms with E-state index in [1.807, 2.05) is 0 Å². The van der Waals surface area contributed by atoms with E-state index in [4.69, 9.17) is 14.4 Å². The molecule has 8 nitrogen and oxygen atoms in total. The first kappa shape index (κ1) is 13.3. The van der Waals surface area contributed by atoms with Crippen molar-refractivity contribution in [3.63, 3.8) is 0 Å². The molecule has 0 unspecified atom stereocenters. The normalized spacial score (nSPS) is 22.5. The van der Waals surface area contributed by atoms with Crippen LogP contribution in [0.2, 0.25) is 0 Å². The van der Waals surface area contributed by atoms with Crippen LogP contribution in [-0.2, 0) is 9.59 Å². The second-order valence-corrected chi connectivity index (χ2v) is 4.35. The van der Waals surface area contributed by atoms with Crippen molar-refractivity contribution >= 4 is 11.9 Å². The molecule has 1 fully saturated rings. The standard InChI is InChI=1S/C11H14N2O6/c1-6-2-9(12-19-6)18-5-10(15)13-4-7(14)3-8(13)11(16)17/h2,7-8,14H,3-5H2,1H3,(H,16,17)/t7-,8-/m0/s1. The van der Waals surface area contributed by atoms with E-state index in [-0.39, 0.29) is 25.5 Å². The van der Waals surface area contributed by atoms with Crippen LogP contribution in [0.25, 0.3) is 0 Å². The van der Waals surface area contributed by atoms with Crippen LogP contribution < -0.4 is 4.74 Å². The number of hydrogen-bond donors (Lipinski definition) is 2. The predicted octanol–water partition coefficient (Wildman–Crippen LogP) is -0.592. The summed E-state index contributed by atoms with van der Waals surface area (Å²) >= 11 is 0. The van der Waals surface area contributed by atoms with E-state index in [0.717, 1.165) is 4.90 Å². The van der Waals surface area contributed by atoms with Gasteiger partial charge in [0.1, 0.15) is 11.8 Å². The average molecular weight is 270 g/mol. The van der Waals surface area contributed by atoms with Crippen molar-refractivity contribution in [2.75, 3.05) is 13.2 Å². The molecule has 0 aliphatic carbocycles. The Morgan fingerprint density at radius 3 is 2.95 bits per heavy atom. The van der Waals surface area contributed by atoms with Gasteiger partial charge in [0, 0.05) is 19.0 Å². The van der Waals surface area contributed by atoms with Gasteiger partial charge in [-0.25, -0.2) is 4.79 Å². The van der Waals surface area contributed by atoms with Gasteiger partial charge < -0.3 is 24.4 Å². The van der Waals surface area contributed by atoms with Crippen molar-refractivity contribution in [3.05, 3.63) is 11.8 Å². The second kappa shape index (κ2) is 5.27. The Balaban J connectivity index is 1.93. The second-order valence-electron chi connectivity index (χ2n) is 4.35. The number of hydrogen-bond acceptors (Lipinski definition) is 6. The van der Waals surface area contributed by atoms with Gasteiger partial charge >= 0.3 is 5.97 Å². The summed E-state index contributed by atoms with van der Waals surface area (Å²) in [6, 6.07) is 0.506. The smallest absolute Gasteiger partial charge is 0.326 e. The number of aryl methyl sites for hydroxylation is 1. The molecule has 0 bridgehead atoms. The van der Waals surface area contributed by atoms with Crippen molar-refractivity contribution in [2.45, 2.75) is 25.5 Å². The van der Waals surface area contributed by atoms with Crippen molar-refractivity contribution in [1.82, 2.24) is 10.1 Å². The predicted molar refractivity (Wildman–Crippen MR) is 60.5 cm³/mol. The Labute approximate surface area is 108 Å². The molecule has 0 saturated carbocycles. The fraction of sp³-hybridized carbons (Fsp3) is 0.545. The first-order valence-corrected chi connectivity index (χ1v) is 5.74. The van der Waals surface area contributed by atoms with Gasteiger partial charge in [0.15, 0.2) is 6.61 Å². The third kappa shape index (κ3) is 3.02. The van der Waals surface area contributed by atoms with Crippen molar-refractivity contribution in [1.29, 1.82) is 0 Å². The molecule has 19 heavy (non-hydrogen) atoms. The lowest BCUT2D eigenvalue weighted by atomic mass is 10.2. The number of carbonyl (C=O) groups is 2. The molecule has 2 atom stereocenters. The Bertz CT molecular complexity index is 485. The summed E-state index contributed by atoms with van der Waals surface area (Å²) < 4.78 is 9.86. The summed E-state index contributed by atoms with van der Waals surface area (Å²) in [5.41, 5.74) is 0. The van der Waals surface area contributed by atoms with Gasteiger partial charge in [-0.2, -0.15) is 0 Å². The molecule has 1 saturated heterocycles. The van der Waals surface area contributed by atoms with Gasteiger partial charge in [-0.05, 0) is 12.1 Å². The zero-order valence-corrected chi connectivity index (χ0v) is 10.3. The van der Waals surface area contributed by atoms with Crippen LogP contribution in [0.5, 0.6) is 5.88 Å². The number of amides is 1. The molecular weight excluding hydrogens is 256 g/mol. The Kier molecular flexibility index (Phi) is 3.70. The Morgan fingerprint density at radius 2 is 2.37 bits per heavy atom. The maximum Gasteiger partial charge on any atom is 0.326 e. The fourth-order valence-electron chi connectivity index (χ4n) is 1.95. The van der Waals surface area contributed by atoms with Crippen LogP contribution in [0.3, 0.4) is 0 Å². The number of carboxylic acid groups (broad SMARTS) is 1. The highest BCUT2D eigenvalue weighted by Crippen LogP contribution is 2.18. The highest BCUT2D eigenvalue weighted by atomic mass is 16.5. The van der Waals surface area contributed by atoms with Crippen LogP contribution in [0.4, 0.5) is 0 Å². The number of ether oxygens (including phenoxy) is 1. The first-order chi connectivity index (χ1) is 8.97. The minimum absolute atomic E-state index is 0.00297. The van der Waals surface area contributed by atoms with E-state index in [1.165, 1.54) is 6.07 Å². The molecule has 2 heterocycles. The quantitative estimate of drug-likeness (QED) is 0.751. The summed E-state index contributed by atoms with van der Waals surface area (Å²) in [5.74, 6) is -0.938. The Morgan fingerprint density at radius 1 is 1.63 bits per heavy atom. The number of nitrogens with zero attached hydrogens (tertiary/aromatic N) is 2. The summed E-state index contributed by atoms with van der Waals surface area (Å²) in [4.78, 5) is 23.9. The minimum Gasteiger partial charge on any atom is -0.480 e. The minimum atomic E-state index is -1.14. The van der Waals surface area contributed by atoms with E-state index < -0.39 is 24.0 Å². The third-order valence-electron chi connectivity index (χ3n) is 2.83. The molecule has 2 N–H and O–H groups in total. The van der Waals surface area contributed by atoms with Gasteiger partial charge in [0.05, 0.1) is 6.10 Å². The SMILES string of the molecule is Cc1cc(OCC(=O)N2C[C@@H](O)C[C@H]2C(=O)O)no1. The van der Waals surface area contributed by atoms with Crippen LogP contribution in [-0.4, -0.2) is 57.4 Å². The number of aromatic nitrogens is 1. The molecule has 1 aliphatic heterocycles. The van der Waals surface area contributed by atoms with E-state index in [0.29, 0.717) is 5.76 Å². The maximum absolute atomic E-state index is 11.9. The number of carbonyl (C=O) groups excluding carboxylic acids is 1. The lowest BCUT2D eigenvalue weighted by molar-refractivity contribution is -0.149. The lowest BCUT2D eigenvalue weighted by Crippen LogP contribution is -2.42. The molecular formula is C11H14N2O6. The molecule has 0 aromatic carbocycles. The highest BCUT2D eigenvalue weighted by molar-refractivity contribution is 5.85. The molecule has 0 spiro atoms. The highest BCUT2D eigenvalue weighted by Gasteiger charge is 2.38. The summed E-state index contributed by atoms with van der Waals surface area (Å²) in [5, 5.41) is 21.9. The van der Waals surface area contributed by atoms with E-state index in [9.17, 15) is 14.7 Å². The number of β-amino-alcohol motifs (C(OH)–C–C–N with tert-alkyl or cyclic N) is 1. The van der Waals surface area contributed by atoms with Crippen LogP contribution in [0, 0.1) is 6.92 Å². The summed E-state index contributed by atoms with van der Waals surface area (Å²) in [6.45, 7) is 1.33. The third-order valence-corrected chi connectivity index (χ3v) is 2.83. The molecule has 8 heteroatoms. The first-order valence-electron chi connectivity index (χ1n) is 5.74. The molecule has 1 amide bonds. The van der Waals surface area contributed by atoms with E-state index >= 15 is 0 Å². The lowest BCUT2D eigenvalue weighted by Gasteiger charge is -2.20. The zero-order valence-electron chi connectivity index (χ0n) is 10.3. The van der Waals surface area contributed by atoms with Gasteiger partial charge in [0.2, 0.25) is 0 Å². The average Bonchev–Trinajstić information content (AvgIpc) is 2.92. The number of aliphatic carboxylic acids is 1. The Hall–Kier alpha value is -2.09. The molecule has 1 aromatic heterocycles. The zero-order chi connectivity index (χ0) is 14.0. The monoisotopic (exact) mass is 270 g/mol. The van der Waals surface area contributed by atoms with Gasteiger partial charge in [-0.3, -0.25) is 4.79 Å². The molecule has 1 aliphatic rings. The number of carboxylic acids is 1. The molecule has 104 valence electrons. The number of aliphatic hydroxyl groups is 1. The number of rotatable bonds is 4.